The van der Waals surface area contributed by atoms with E-state index in [1.807, 2.05) is 17.5 Å². The number of esters is 1. The smallest absolute Gasteiger partial charge is 0.337 e. The first kappa shape index (κ1) is 19.7. The fourth-order valence-corrected chi connectivity index (χ4v) is 3.53. The van der Waals surface area contributed by atoms with Gasteiger partial charge in [0.05, 0.1) is 25.3 Å². The standard InChI is InChI=1S/C21H19FN2O3S/c1-27-21(26)15-6-10-17(11-7-15)24-19(25)13-23-20(18-3-2-12-28-18)14-4-8-16(22)9-5-14/h2-12,20,23H,13H2,1H3,(H,24,25). The number of methoxy groups -OCH3 is 1. The van der Waals surface area contributed by atoms with Crippen LogP contribution in [-0.4, -0.2) is 25.5 Å². The van der Waals surface area contributed by atoms with Crippen molar-refractivity contribution in [2.24, 2.45) is 0 Å². The van der Waals surface area contributed by atoms with E-state index in [1.54, 1.807) is 47.7 Å². The maximum atomic E-state index is 13.2. The predicted molar refractivity (Wildman–Crippen MR) is 107 cm³/mol. The molecule has 0 radical (unpaired) electrons. The molecule has 28 heavy (non-hydrogen) atoms. The Morgan fingerprint density at radius 3 is 2.39 bits per heavy atom. The van der Waals surface area contributed by atoms with Gasteiger partial charge in [-0.2, -0.15) is 0 Å². The molecule has 3 aromatic rings. The van der Waals surface area contributed by atoms with Gasteiger partial charge in [0.1, 0.15) is 5.82 Å². The number of ether oxygens (including phenoxy) is 1. The van der Waals surface area contributed by atoms with Gasteiger partial charge in [-0.3, -0.25) is 10.1 Å². The van der Waals surface area contributed by atoms with Gasteiger partial charge in [0, 0.05) is 10.6 Å². The number of rotatable bonds is 7. The summed E-state index contributed by atoms with van der Waals surface area (Å²) in [5.41, 5.74) is 1.86. The molecule has 3 rings (SSSR count). The molecule has 0 aliphatic heterocycles. The maximum Gasteiger partial charge on any atom is 0.337 e. The van der Waals surface area contributed by atoms with Crippen LogP contribution in [0.3, 0.4) is 0 Å². The van der Waals surface area contributed by atoms with Crippen molar-refractivity contribution in [1.82, 2.24) is 5.32 Å². The molecule has 1 heterocycles. The molecular formula is C21H19FN2O3S. The normalized spacial score (nSPS) is 11.6. The zero-order valence-corrected chi connectivity index (χ0v) is 16.0. The number of carbonyl (C=O) groups is 2. The minimum absolute atomic E-state index is 0.0682. The highest BCUT2D eigenvalue weighted by Gasteiger charge is 2.16. The van der Waals surface area contributed by atoms with Crippen molar-refractivity contribution in [1.29, 1.82) is 0 Å². The Bertz CT molecular complexity index is 925. The second-order valence-corrected chi connectivity index (χ2v) is 6.98. The van der Waals surface area contributed by atoms with Crippen LogP contribution in [0.5, 0.6) is 0 Å². The summed E-state index contributed by atoms with van der Waals surface area (Å²) in [6.45, 7) is 0.0682. The molecule has 0 aliphatic rings. The number of anilines is 1. The van der Waals surface area contributed by atoms with Gasteiger partial charge in [0.15, 0.2) is 0 Å². The highest BCUT2D eigenvalue weighted by molar-refractivity contribution is 7.10. The molecule has 1 atom stereocenters. The number of carbonyl (C=O) groups excluding carboxylic acids is 2. The lowest BCUT2D eigenvalue weighted by atomic mass is 10.1. The molecule has 0 bridgehead atoms. The van der Waals surface area contributed by atoms with Crippen LogP contribution in [0.4, 0.5) is 10.1 Å². The van der Waals surface area contributed by atoms with E-state index < -0.39 is 5.97 Å². The summed E-state index contributed by atoms with van der Waals surface area (Å²) in [5.74, 6) is -0.964. The lowest BCUT2D eigenvalue weighted by Crippen LogP contribution is -2.31. The molecule has 1 aromatic heterocycles. The molecule has 1 amide bonds. The lowest BCUT2D eigenvalue weighted by molar-refractivity contribution is -0.115. The number of thiophene rings is 1. The van der Waals surface area contributed by atoms with E-state index in [4.69, 9.17) is 0 Å². The zero-order valence-electron chi connectivity index (χ0n) is 15.1. The largest absolute Gasteiger partial charge is 0.465 e. The van der Waals surface area contributed by atoms with Gasteiger partial charge >= 0.3 is 5.97 Å². The van der Waals surface area contributed by atoms with E-state index >= 15 is 0 Å². The molecule has 2 N–H and O–H groups in total. The van der Waals surface area contributed by atoms with Gasteiger partial charge in [0.2, 0.25) is 5.91 Å². The number of nitrogens with one attached hydrogen (secondary N) is 2. The third kappa shape index (κ3) is 5.03. The molecule has 7 heteroatoms. The first-order valence-corrected chi connectivity index (χ1v) is 9.45. The third-order valence-electron chi connectivity index (χ3n) is 4.09. The van der Waals surface area contributed by atoms with Gasteiger partial charge in [-0.25, -0.2) is 9.18 Å². The Kier molecular flexibility index (Phi) is 6.52. The van der Waals surface area contributed by atoms with Crippen LogP contribution >= 0.6 is 11.3 Å². The van der Waals surface area contributed by atoms with Crippen molar-refractivity contribution in [3.05, 3.63) is 87.9 Å². The van der Waals surface area contributed by atoms with Gasteiger partial charge < -0.3 is 10.1 Å². The van der Waals surface area contributed by atoms with Crippen LogP contribution in [-0.2, 0) is 9.53 Å². The maximum absolute atomic E-state index is 13.2. The number of amides is 1. The quantitative estimate of drug-likeness (QED) is 0.591. The van der Waals surface area contributed by atoms with E-state index in [1.165, 1.54) is 19.2 Å². The SMILES string of the molecule is COC(=O)c1ccc(NC(=O)CNC(c2ccc(F)cc2)c2cccs2)cc1. The van der Waals surface area contributed by atoms with Crippen LogP contribution in [0.1, 0.15) is 26.8 Å². The monoisotopic (exact) mass is 398 g/mol. The number of hydrogen-bond donors (Lipinski definition) is 2. The minimum atomic E-state index is -0.433. The van der Waals surface area contributed by atoms with E-state index in [9.17, 15) is 14.0 Å². The van der Waals surface area contributed by atoms with Crippen LogP contribution in [0.25, 0.3) is 0 Å². The first-order chi connectivity index (χ1) is 13.6. The Morgan fingerprint density at radius 1 is 1.07 bits per heavy atom. The second kappa shape index (κ2) is 9.25. The summed E-state index contributed by atoms with van der Waals surface area (Å²) in [4.78, 5) is 24.8. The average Bonchev–Trinajstić information content (AvgIpc) is 3.24. The van der Waals surface area contributed by atoms with Crippen molar-refractivity contribution in [2.45, 2.75) is 6.04 Å². The van der Waals surface area contributed by atoms with Gasteiger partial charge in [0.25, 0.3) is 0 Å². The molecule has 0 saturated heterocycles. The molecular weight excluding hydrogens is 379 g/mol. The summed E-state index contributed by atoms with van der Waals surface area (Å²) < 4.78 is 17.9. The van der Waals surface area contributed by atoms with Crippen LogP contribution in [0.2, 0.25) is 0 Å². The number of hydrogen-bond acceptors (Lipinski definition) is 5. The predicted octanol–water partition coefficient (Wildman–Crippen LogP) is 3.99. The van der Waals surface area contributed by atoms with Crippen molar-refractivity contribution in [3.8, 4) is 0 Å². The summed E-state index contributed by atoms with van der Waals surface area (Å²) >= 11 is 1.56. The van der Waals surface area contributed by atoms with Gasteiger partial charge in [-0.1, -0.05) is 18.2 Å². The van der Waals surface area contributed by atoms with E-state index in [0.717, 1.165) is 10.4 Å². The number of benzene rings is 2. The molecule has 0 aliphatic carbocycles. The van der Waals surface area contributed by atoms with E-state index in [2.05, 4.69) is 15.4 Å². The summed E-state index contributed by atoms with van der Waals surface area (Å²) in [6.07, 6.45) is 0. The van der Waals surface area contributed by atoms with Crippen molar-refractivity contribution < 1.29 is 18.7 Å². The third-order valence-corrected chi connectivity index (χ3v) is 5.02. The molecule has 0 saturated carbocycles. The summed E-state index contributed by atoms with van der Waals surface area (Å²) in [6, 6.07) is 16.3. The Labute approximate surface area is 166 Å². The molecule has 1 unspecified atom stereocenters. The van der Waals surface area contributed by atoms with E-state index in [0.29, 0.717) is 11.3 Å². The Hall–Kier alpha value is -3.03. The van der Waals surface area contributed by atoms with Crippen LogP contribution in [0, 0.1) is 5.82 Å². The van der Waals surface area contributed by atoms with Crippen LogP contribution < -0.4 is 10.6 Å². The fourth-order valence-electron chi connectivity index (χ4n) is 2.70. The average molecular weight is 398 g/mol. The Morgan fingerprint density at radius 2 is 1.79 bits per heavy atom. The zero-order chi connectivity index (χ0) is 19.9. The molecule has 5 nitrogen and oxygen atoms in total. The summed E-state index contributed by atoms with van der Waals surface area (Å²) in [7, 11) is 1.31. The fraction of sp³-hybridized carbons (Fsp3) is 0.143. The van der Waals surface area contributed by atoms with E-state index in [-0.39, 0.29) is 24.3 Å². The molecule has 2 aromatic carbocycles. The van der Waals surface area contributed by atoms with Crippen LogP contribution in [0.15, 0.2) is 66.0 Å². The highest BCUT2D eigenvalue weighted by atomic mass is 32.1. The minimum Gasteiger partial charge on any atom is -0.465 e. The molecule has 0 spiro atoms. The van der Waals surface area contributed by atoms with Crippen molar-refractivity contribution >= 4 is 28.9 Å². The summed E-state index contributed by atoms with van der Waals surface area (Å²) in [5, 5.41) is 7.95. The first-order valence-electron chi connectivity index (χ1n) is 8.57. The second-order valence-electron chi connectivity index (χ2n) is 6.00. The Balaban J connectivity index is 1.64. The molecule has 0 fully saturated rings. The van der Waals surface area contributed by atoms with Gasteiger partial charge in [-0.15, -0.1) is 11.3 Å². The van der Waals surface area contributed by atoms with Crippen molar-refractivity contribution in [2.75, 3.05) is 19.0 Å². The van der Waals surface area contributed by atoms with Crippen molar-refractivity contribution in [3.63, 3.8) is 0 Å². The highest BCUT2D eigenvalue weighted by Crippen LogP contribution is 2.26. The topological polar surface area (TPSA) is 67.4 Å². The molecule has 144 valence electrons. The number of halogens is 1. The lowest BCUT2D eigenvalue weighted by Gasteiger charge is -2.18. The van der Waals surface area contributed by atoms with Gasteiger partial charge in [-0.05, 0) is 53.4 Å².